The van der Waals surface area contributed by atoms with Crippen LogP contribution in [-0.2, 0) is 19.1 Å². The van der Waals surface area contributed by atoms with Crippen LogP contribution in [0, 0.1) is 33.3 Å². The molecule has 0 aromatic heterocycles. The summed E-state index contributed by atoms with van der Waals surface area (Å²) in [6.45, 7) is 10.6. The number of methoxy groups -OCH3 is 1. The van der Waals surface area contributed by atoms with Gasteiger partial charge in [0.1, 0.15) is 5.76 Å². The molecule has 0 saturated heterocycles. The van der Waals surface area contributed by atoms with Gasteiger partial charge in [0.2, 0.25) is 5.70 Å². The van der Waals surface area contributed by atoms with Crippen LogP contribution in [0.3, 0.4) is 0 Å². The molecule has 1 rings (SSSR count). The van der Waals surface area contributed by atoms with Gasteiger partial charge in [-0.05, 0) is 39.8 Å². The fourth-order valence-corrected chi connectivity index (χ4v) is 3.03. The quantitative estimate of drug-likeness (QED) is 0.281. The molecule has 0 radical (unpaired) electrons. The van der Waals surface area contributed by atoms with E-state index in [1.165, 1.54) is 7.11 Å². The van der Waals surface area contributed by atoms with Crippen molar-refractivity contribution in [3.8, 4) is 6.07 Å². The van der Waals surface area contributed by atoms with Crippen LogP contribution in [-0.4, -0.2) is 30.7 Å². The molecule has 0 fully saturated rings. The van der Waals surface area contributed by atoms with Gasteiger partial charge >= 0.3 is 5.97 Å². The molecule has 0 saturated carbocycles. The number of allylic oxidation sites excluding steroid dienone is 3. The van der Waals surface area contributed by atoms with Crippen LogP contribution < -0.4 is 5.48 Å². The average molecular weight is 379 g/mol. The second kappa shape index (κ2) is 9.73. The van der Waals surface area contributed by atoms with Crippen molar-refractivity contribution in [2.45, 2.75) is 40.2 Å². The van der Waals surface area contributed by atoms with Gasteiger partial charge in [-0.1, -0.05) is 0 Å². The van der Waals surface area contributed by atoms with E-state index in [1.807, 2.05) is 13.0 Å². The Hall–Kier alpha value is -2.86. The lowest BCUT2D eigenvalue weighted by Gasteiger charge is -2.21. The Morgan fingerprint density at radius 1 is 1.56 bits per heavy atom. The van der Waals surface area contributed by atoms with E-state index in [2.05, 4.69) is 12.1 Å². The summed E-state index contributed by atoms with van der Waals surface area (Å²) < 4.78 is 10.3. The van der Waals surface area contributed by atoms with Crippen LogP contribution >= 0.6 is 0 Å². The van der Waals surface area contributed by atoms with Crippen molar-refractivity contribution in [2.24, 2.45) is 11.8 Å². The van der Waals surface area contributed by atoms with Gasteiger partial charge in [0.15, 0.2) is 5.92 Å². The number of ether oxygens (including phenoxy) is 2. The highest BCUT2D eigenvalue weighted by Gasteiger charge is 2.39. The third kappa shape index (κ3) is 5.08. The molecule has 148 valence electrons. The van der Waals surface area contributed by atoms with E-state index < -0.39 is 28.4 Å². The highest BCUT2D eigenvalue weighted by Crippen LogP contribution is 2.33. The Morgan fingerprint density at radius 2 is 2.19 bits per heavy atom. The molecular weight excluding hydrogens is 354 g/mol. The van der Waals surface area contributed by atoms with Crippen LogP contribution in [0.15, 0.2) is 34.9 Å². The monoisotopic (exact) mass is 379 g/mol. The van der Waals surface area contributed by atoms with Gasteiger partial charge in [-0.25, -0.2) is 0 Å². The van der Waals surface area contributed by atoms with Crippen LogP contribution in [0.25, 0.3) is 0 Å². The maximum absolute atomic E-state index is 12.1. The number of hydrogen-bond acceptors (Lipinski definition) is 8. The predicted molar refractivity (Wildman–Crippen MR) is 96.1 cm³/mol. The Kier molecular flexibility index (Phi) is 7.99. The zero-order valence-corrected chi connectivity index (χ0v) is 16.2. The maximum Gasteiger partial charge on any atom is 0.324 e. The van der Waals surface area contributed by atoms with Crippen molar-refractivity contribution in [1.29, 1.82) is 5.26 Å². The molecule has 9 heteroatoms. The molecule has 1 aliphatic rings. The van der Waals surface area contributed by atoms with Crippen molar-refractivity contribution in [3.63, 3.8) is 0 Å². The third-order valence-corrected chi connectivity index (χ3v) is 4.42. The number of hydrogen-bond donors (Lipinski definition) is 1. The third-order valence-electron chi connectivity index (χ3n) is 4.42. The number of carbonyl (C=O) groups excluding carboxylic acids is 1. The zero-order valence-electron chi connectivity index (χ0n) is 16.2. The van der Waals surface area contributed by atoms with Crippen LogP contribution in [0.1, 0.15) is 34.1 Å². The van der Waals surface area contributed by atoms with E-state index in [-0.39, 0.29) is 19.1 Å². The second-order valence-corrected chi connectivity index (χ2v) is 6.08. The smallest absolute Gasteiger partial charge is 0.324 e. The predicted octanol–water partition coefficient (Wildman–Crippen LogP) is 2.60. The maximum atomic E-state index is 12.1. The van der Waals surface area contributed by atoms with Crippen LogP contribution in [0.5, 0.6) is 0 Å². The summed E-state index contributed by atoms with van der Waals surface area (Å²) in [4.78, 5) is 28.0. The highest BCUT2D eigenvalue weighted by molar-refractivity contribution is 5.76. The lowest BCUT2D eigenvalue weighted by atomic mass is 9.85. The minimum Gasteiger partial charge on any atom is -0.501 e. The molecule has 1 aliphatic heterocycles. The molecule has 0 aromatic carbocycles. The molecule has 0 aromatic rings. The minimum absolute atomic E-state index is 0.0529. The normalized spacial score (nSPS) is 19.3. The molecule has 3 atom stereocenters. The first-order chi connectivity index (χ1) is 12.7. The van der Waals surface area contributed by atoms with Gasteiger partial charge < -0.3 is 14.3 Å². The largest absolute Gasteiger partial charge is 0.501 e. The van der Waals surface area contributed by atoms with E-state index in [1.54, 1.807) is 20.8 Å². The Bertz CT molecular complexity index is 719. The first-order valence-corrected chi connectivity index (χ1v) is 8.46. The molecule has 0 aliphatic carbocycles. The van der Waals surface area contributed by atoms with Gasteiger partial charge in [-0.3, -0.25) is 14.9 Å². The summed E-state index contributed by atoms with van der Waals surface area (Å²) in [5.41, 5.74) is 3.94. The summed E-state index contributed by atoms with van der Waals surface area (Å²) in [5.74, 6) is -2.23. The van der Waals surface area contributed by atoms with Gasteiger partial charge in [-0.15, -0.1) is 5.48 Å². The van der Waals surface area contributed by atoms with E-state index in [0.717, 1.165) is 5.57 Å². The van der Waals surface area contributed by atoms with Crippen LogP contribution in [0.4, 0.5) is 0 Å². The first-order valence-electron chi connectivity index (χ1n) is 8.46. The van der Waals surface area contributed by atoms with Gasteiger partial charge in [-0.2, -0.15) is 5.26 Å². The molecule has 2 unspecified atom stereocenters. The molecule has 27 heavy (non-hydrogen) atoms. The lowest BCUT2D eigenvalue weighted by molar-refractivity contribution is -0.434. The fourth-order valence-electron chi connectivity index (χ4n) is 3.03. The van der Waals surface area contributed by atoms with Crippen molar-refractivity contribution >= 4 is 5.97 Å². The van der Waals surface area contributed by atoms with Crippen molar-refractivity contribution < 1.29 is 24.0 Å². The summed E-state index contributed by atoms with van der Waals surface area (Å²) in [6.07, 6.45) is -0.0529. The summed E-state index contributed by atoms with van der Waals surface area (Å²) in [6, 6.07) is 1.70. The molecular formula is C18H25N3O6. The number of nitrogens with one attached hydrogen (secondary N) is 1. The summed E-state index contributed by atoms with van der Waals surface area (Å²) >= 11 is 0. The van der Waals surface area contributed by atoms with E-state index >= 15 is 0 Å². The highest BCUT2D eigenvalue weighted by atomic mass is 16.7. The van der Waals surface area contributed by atoms with E-state index in [0.29, 0.717) is 17.1 Å². The molecule has 0 spiro atoms. The van der Waals surface area contributed by atoms with E-state index in [4.69, 9.17) is 14.3 Å². The molecule has 1 heterocycles. The Balaban J connectivity index is 3.34. The summed E-state index contributed by atoms with van der Waals surface area (Å²) in [7, 11) is 1.43. The second-order valence-electron chi connectivity index (χ2n) is 6.08. The number of nitro groups is 1. The van der Waals surface area contributed by atoms with Crippen LogP contribution in [0.2, 0.25) is 0 Å². The van der Waals surface area contributed by atoms with Crippen molar-refractivity contribution in [2.75, 3.05) is 13.7 Å². The topological polar surface area (TPSA) is 124 Å². The molecule has 0 bridgehead atoms. The molecule has 0 amide bonds. The Morgan fingerprint density at radius 3 is 2.59 bits per heavy atom. The SMILES string of the molecule is C=C(C(C/C(OC)=C(\C)C1=C(C)ON[C@H]1C)C(C#N)C(=O)OCC)[N+](=O)[O-]. The van der Waals surface area contributed by atoms with E-state index in [9.17, 15) is 20.2 Å². The molecule has 1 N–H and O–H groups in total. The zero-order chi connectivity index (χ0) is 20.7. The standard InChI is InChI=1S/C18H25N3O6/c1-7-26-18(22)15(9-19)14(12(4)21(23)24)8-16(25-6)10(2)17-11(3)20-27-13(17)5/h11,14-15,20H,4,7-8H2,1-3,5-6H3/b16-10-/t11-,14?,15?/m0/s1. The average Bonchev–Trinajstić information content (AvgIpc) is 2.95. The number of rotatable bonds is 9. The minimum atomic E-state index is -1.37. The number of nitrogens with zero attached hydrogens (tertiary/aromatic N) is 2. The number of carbonyl (C=O) groups is 1. The fraction of sp³-hybridized carbons (Fsp3) is 0.556. The summed E-state index contributed by atoms with van der Waals surface area (Å²) in [5, 5.41) is 20.7. The molecule has 9 nitrogen and oxygen atoms in total. The number of hydroxylamine groups is 1. The lowest BCUT2D eigenvalue weighted by Crippen LogP contribution is -2.29. The first kappa shape index (κ1) is 22.2. The van der Waals surface area contributed by atoms with Gasteiger partial charge in [0.05, 0.1) is 42.4 Å². The number of nitriles is 1. The Labute approximate surface area is 158 Å². The van der Waals surface area contributed by atoms with Crippen molar-refractivity contribution in [1.82, 2.24) is 5.48 Å². The van der Waals surface area contributed by atoms with Crippen molar-refractivity contribution in [3.05, 3.63) is 45.1 Å². The van der Waals surface area contributed by atoms with Gasteiger partial charge in [0, 0.05) is 12.0 Å². The van der Waals surface area contributed by atoms with Gasteiger partial charge in [0.25, 0.3) is 0 Å². The number of esters is 1.